The Morgan fingerprint density at radius 3 is 2.58 bits per heavy atom. The average Bonchev–Trinajstić information content (AvgIpc) is 2.61. The number of fused-ring (bicyclic) bond motifs is 1. The smallest absolute Gasteiger partial charge is 0.328 e. The lowest BCUT2D eigenvalue weighted by Crippen LogP contribution is -1.99. The molecule has 1 heterocycles. The number of aryl methyl sites for hydroxylation is 2. The number of aliphatic carboxylic acids is 1. The first-order valence-electron chi connectivity index (χ1n) is 6.44. The molecule has 0 aliphatic carbocycles. The summed E-state index contributed by atoms with van der Waals surface area (Å²) in [5.41, 5.74) is 5.13. The van der Waals surface area contributed by atoms with E-state index in [0.29, 0.717) is 0 Å². The second-order valence-electron chi connectivity index (χ2n) is 5.27. The second-order valence-corrected chi connectivity index (χ2v) is 5.27. The maximum atomic E-state index is 11.0. The molecule has 3 heteroatoms. The molecule has 19 heavy (non-hydrogen) atoms. The van der Waals surface area contributed by atoms with Crippen molar-refractivity contribution in [1.82, 2.24) is 4.98 Å². The molecule has 3 nitrogen and oxygen atoms in total. The van der Waals surface area contributed by atoms with Crippen molar-refractivity contribution in [3.63, 3.8) is 0 Å². The summed E-state index contributed by atoms with van der Waals surface area (Å²) in [5.74, 6) is -0.737. The van der Waals surface area contributed by atoms with Crippen LogP contribution in [0.15, 0.2) is 24.3 Å². The highest BCUT2D eigenvalue weighted by molar-refractivity contribution is 5.99. The molecule has 0 saturated carbocycles. The number of rotatable bonds is 3. The van der Waals surface area contributed by atoms with E-state index in [2.05, 4.69) is 17.1 Å². The first-order valence-corrected chi connectivity index (χ1v) is 6.44. The molecule has 0 spiro atoms. The van der Waals surface area contributed by atoms with Gasteiger partial charge in [0.1, 0.15) is 0 Å². The van der Waals surface area contributed by atoms with E-state index < -0.39 is 5.97 Å². The number of allylic oxidation sites excluding steroid dienone is 1. The number of hydrogen-bond donors (Lipinski definition) is 2. The monoisotopic (exact) mass is 257 g/mol. The van der Waals surface area contributed by atoms with Gasteiger partial charge in [-0.05, 0) is 37.5 Å². The van der Waals surface area contributed by atoms with Crippen LogP contribution >= 0.6 is 0 Å². The normalized spacial score (nSPS) is 12.4. The van der Waals surface area contributed by atoms with Gasteiger partial charge >= 0.3 is 5.97 Å². The van der Waals surface area contributed by atoms with Crippen LogP contribution in [0.2, 0.25) is 0 Å². The molecule has 2 aromatic rings. The number of aromatic nitrogens is 1. The van der Waals surface area contributed by atoms with Gasteiger partial charge in [-0.3, -0.25) is 0 Å². The van der Waals surface area contributed by atoms with Gasteiger partial charge in [-0.15, -0.1) is 0 Å². The molecule has 0 unspecified atom stereocenters. The highest BCUT2D eigenvalue weighted by Crippen LogP contribution is 2.33. The molecular formula is C16H19NO2. The average molecular weight is 257 g/mol. The van der Waals surface area contributed by atoms with Crippen LogP contribution < -0.4 is 0 Å². The summed E-state index contributed by atoms with van der Waals surface area (Å²) < 4.78 is 0. The predicted octanol–water partition coefficient (Wildman–Crippen LogP) is 3.91. The largest absolute Gasteiger partial charge is 0.478 e. The third kappa shape index (κ3) is 2.55. The van der Waals surface area contributed by atoms with Gasteiger partial charge < -0.3 is 10.1 Å². The Morgan fingerprint density at radius 1 is 1.32 bits per heavy atom. The van der Waals surface area contributed by atoms with Crippen molar-refractivity contribution in [1.29, 1.82) is 0 Å². The highest BCUT2D eigenvalue weighted by Gasteiger charge is 2.16. The molecule has 2 rings (SSSR count). The van der Waals surface area contributed by atoms with Crippen LogP contribution in [0.5, 0.6) is 0 Å². The van der Waals surface area contributed by atoms with Crippen LogP contribution in [0.3, 0.4) is 0 Å². The van der Waals surface area contributed by atoms with E-state index >= 15 is 0 Å². The quantitative estimate of drug-likeness (QED) is 0.819. The number of nitrogens with one attached hydrogen (secondary N) is 1. The van der Waals surface area contributed by atoms with Gasteiger partial charge in [0.05, 0.1) is 0 Å². The summed E-state index contributed by atoms with van der Waals surface area (Å²) in [6.45, 7) is 8.07. The zero-order chi connectivity index (χ0) is 14.2. The van der Waals surface area contributed by atoms with Gasteiger partial charge in [0, 0.05) is 28.2 Å². The number of benzene rings is 1. The van der Waals surface area contributed by atoms with E-state index in [1.807, 2.05) is 33.8 Å². The standard InChI is InChI=1S/C16H19NO2/c1-9(2)12(8-15(18)19)16-11(4)17-14-6-5-10(3)7-13(14)16/h5-9,17H,1-4H3,(H,18,19)/b12-8+. The zero-order valence-corrected chi connectivity index (χ0v) is 11.7. The highest BCUT2D eigenvalue weighted by atomic mass is 16.4. The maximum absolute atomic E-state index is 11.0. The summed E-state index contributed by atoms with van der Waals surface area (Å²) in [4.78, 5) is 14.4. The van der Waals surface area contributed by atoms with Crippen molar-refractivity contribution in [2.75, 3.05) is 0 Å². The van der Waals surface area contributed by atoms with E-state index in [4.69, 9.17) is 5.11 Å². The summed E-state index contributed by atoms with van der Waals surface area (Å²) >= 11 is 0. The lowest BCUT2D eigenvalue weighted by molar-refractivity contribution is -0.131. The van der Waals surface area contributed by atoms with Crippen LogP contribution in [0.1, 0.15) is 30.7 Å². The van der Waals surface area contributed by atoms with Crippen LogP contribution in [0, 0.1) is 19.8 Å². The molecule has 0 saturated heterocycles. The van der Waals surface area contributed by atoms with Crippen molar-refractivity contribution in [2.24, 2.45) is 5.92 Å². The Kier molecular flexibility index (Phi) is 3.47. The maximum Gasteiger partial charge on any atom is 0.328 e. The lowest BCUT2D eigenvalue weighted by Gasteiger charge is -2.11. The predicted molar refractivity (Wildman–Crippen MR) is 78.2 cm³/mol. The molecule has 0 bridgehead atoms. The molecule has 0 amide bonds. The molecule has 0 aliphatic heterocycles. The first kappa shape index (κ1) is 13.4. The Morgan fingerprint density at radius 2 is 2.00 bits per heavy atom. The number of carbonyl (C=O) groups is 1. The van der Waals surface area contributed by atoms with Gasteiger partial charge in [0.25, 0.3) is 0 Å². The Bertz CT molecular complexity index is 663. The minimum Gasteiger partial charge on any atom is -0.478 e. The topological polar surface area (TPSA) is 53.1 Å². The number of carboxylic acids is 1. The molecule has 0 fully saturated rings. The van der Waals surface area contributed by atoms with E-state index in [1.54, 1.807) is 0 Å². The summed E-state index contributed by atoms with van der Waals surface area (Å²) in [5, 5.41) is 10.2. The van der Waals surface area contributed by atoms with Crippen molar-refractivity contribution in [2.45, 2.75) is 27.7 Å². The Hall–Kier alpha value is -2.03. The number of carboxylic acid groups (broad SMARTS) is 1. The Balaban J connectivity index is 2.75. The third-order valence-corrected chi connectivity index (χ3v) is 3.33. The van der Waals surface area contributed by atoms with E-state index in [0.717, 1.165) is 27.7 Å². The fourth-order valence-electron chi connectivity index (χ4n) is 2.47. The van der Waals surface area contributed by atoms with E-state index in [9.17, 15) is 4.79 Å². The molecule has 0 radical (unpaired) electrons. The number of aromatic amines is 1. The molecule has 1 aromatic carbocycles. The van der Waals surface area contributed by atoms with E-state index in [1.165, 1.54) is 11.6 Å². The van der Waals surface area contributed by atoms with Crippen LogP contribution in [0.25, 0.3) is 16.5 Å². The molecule has 1 aromatic heterocycles. The second kappa shape index (κ2) is 4.92. The van der Waals surface area contributed by atoms with Crippen molar-refractivity contribution in [3.05, 3.63) is 41.1 Å². The third-order valence-electron chi connectivity index (χ3n) is 3.33. The first-order chi connectivity index (χ1) is 8.90. The molecule has 100 valence electrons. The van der Waals surface area contributed by atoms with Crippen LogP contribution in [-0.4, -0.2) is 16.1 Å². The van der Waals surface area contributed by atoms with Gasteiger partial charge in [0.2, 0.25) is 0 Å². The SMILES string of the molecule is Cc1ccc2[nH]c(C)c(/C(=C/C(=O)O)C(C)C)c2c1. The minimum absolute atomic E-state index is 0.161. The van der Waals surface area contributed by atoms with E-state index in [-0.39, 0.29) is 5.92 Å². The fourth-order valence-corrected chi connectivity index (χ4v) is 2.47. The molecular weight excluding hydrogens is 238 g/mol. The molecule has 0 atom stereocenters. The van der Waals surface area contributed by atoms with Gasteiger partial charge in [-0.25, -0.2) is 4.79 Å². The zero-order valence-electron chi connectivity index (χ0n) is 11.7. The van der Waals surface area contributed by atoms with Crippen LogP contribution in [0.4, 0.5) is 0 Å². The summed E-state index contributed by atoms with van der Waals surface area (Å²) in [7, 11) is 0. The Labute approximate surface area is 113 Å². The van der Waals surface area contributed by atoms with Crippen molar-refractivity contribution in [3.8, 4) is 0 Å². The summed E-state index contributed by atoms with van der Waals surface area (Å²) in [6, 6.07) is 6.20. The van der Waals surface area contributed by atoms with Gasteiger partial charge in [-0.2, -0.15) is 0 Å². The molecule has 2 N–H and O–H groups in total. The molecule has 0 aliphatic rings. The van der Waals surface area contributed by atoms with Crippen LogP contribution in [-0.2, 0) is 4.79 Å². The number of H-pyrrole nitrogens is 1. The number of hydrogen-bond acceptors (Lipinski definition) is 1. The summed E-state index contributed by atoms with van der Waals surface area (Å²) in [6.07, 6.45) is 1.32. The van der Waals surface area contributed by atoms with Crippen molar-refractivity contribution < 1.29 is 9.90 Å². The minimum atomic E-state index is -0.898. The fraction of sp³-hybridized carbons (Fsp3) is 0.312. The lowest BCUT2D eigenvalue weighted by atomic mass is 9.92. The van der Waals surface area contributed by atoms with Crippen molar-refractivity contribution >= 4 is 22.4 Å². The van der Waals surface area contributed by atoms with Gasteiger partial charge in [0.15, 0.2) is 0 Å². The van der Waals surface area contributed by atoms with Gasteiger partial charge in [-0.1, -0.05) is 25.5 Å².